The lowest BCUT2D eigenvalue weighted by Crippen LogP contribution is -2.36. The molecule has 0 saturated carbocycles. The van der Waals surface area contributed by atoms with Crippen molar-refractivity contribution < 1.29 is 18.7 Å². The summed E-state index contributed by atoms with van der Waals surface area (Å²) in [6.45, 7) is 0. The molecule has 3 aromatic carbocycles. The second kappa shape index (κ2) is 8.27. The van der Waals surface area contributed by atoms with Gasteiger partial charge in [-0.3, -0.25) is 9.69 Å². The summed E-state index contributed by atoms with van der Waals surface area (Å²) in [7, 11) is 0. The lowest BCUT2D eigenvalue weighted by atomic mass is 10.0. The molecule has 5 nitrogen and oxygen atoms in total. The molecule has 0 bridgehead atoms. The maximum Gasteiger partial charge on any atom is 0.282 e. The minimum Gasteiger partial charge on any atom is -0.508 e. The van der Waals surface area contributed by atoms with Crippen molar-refractivity contribution in [3.8, 4) is 5.75 Å². The van der Waals surface area contributed by atoms with Crippen molar-refractivity contribution in [1.82, 2.24) is 4.90 Å². The summed E-state index contributed by atoms with van der Waals surface area (Å²) < 4.78 is 28.3. The van der Waals surface area contributed by atoms with Crippen LogP contribution in [-0.2, 0) is 11.2 Å². The number of aliphatic imine (C=N–C) groups is 2. The molecular weight excluding hydrogens is 424 g/mol. The summed E-state index contributed by atoms with van der Waals surface area (Å²) in [5.74, 6) is -1.64. The number of nitrogens with zero attached hydrogens (tertiary/aromatic N) is 3. The Hall–Kier alpha value is -4.39. The smallest absolute Gasteiger partial charge is 0.282 e. The van der Waals surface area contributed by atoms with Gasteiger partial charge in [0.25, 0.3) is 5.91 Å². The van der Waals surface area contributed by atoms with E-state index in [9.17, 15) is 18.7 Å². The topological polar surface area (TPSA) is 65.3 Å². The Kier molecular flexibility index (Phi) is 5.14. The monoisotopic (exact) mass is 441 g/mol. The zero-order chi connectivity index (χ0) is 22.9. The SMILES string of the molecule is O=C1/C(=C/c2c(F)cccc2F)N=C2C(Cc3ccccc3)=NC(c3ccc(O)cc3)=CN12. The highest BCUT2D eigenvalue weighted by molar-refractivity contribution is 6.48. The van der Waals surface area contributed by atoms with Crippen molar-refractivity contribution in [2.75, 3.05) is 0 Å². The third-order valence-electron chi connectivity index (χ3n) is 5.32. The van der Waals surface area contributed by atoms with Crippen molar-refractivity contribution >= 4 is 29.2 Å². The number of aromatic hydroxyl groups is 1. The van der Waals surface area contributed by atoms with Crippen molar-refractivity contribution in [2.45, 2.75) is 6.42 Å². The van der Waals surface area contributed by atoms with E-state index in [0.717, 1.165) is 23.8 Å². The Morgan fingerprint density at radius 1 is 0.879 bits per heavy atom. The summed E-state index contributed by atoms with van der Waals surface area (Å²) in [5, 5.41) is 9.61. The second-order valence-electron chi connectivity index (χ2n) is 7.56. The first-order valence-corrected chi connectivity index (χ1v) is 10.2. The van der Waals surface area contributed by atoms with E-state index >= 15 is 0 Å². The molecule has 1 N–H and O–H groups in total. The molecule has 3 aromatic rings. The number of carbonyl (C=O) groups excluding carboxylic acids is 1. The highest BCUT2D eigenvalue weighted by Crippen LogP contribution is 2.30. The molecule has 0 unspecified atom stereocenters. The molecule has 5 rings (SSSR count). The van der Waals surface area contributed by atoms with Gasteiger partial charge in [0.15, 0.2) is 5.84 Å². The van der Waals surface area contributed by atoms with Gasteiger partial charge >= 0.3 is 0 Å². The first-order valence-electron chi connectivity index (χ1n) is 10.2. The number of phenols is 1. The van der Waals surface area contributed by atoms with Crippen LogP contribution in [0.1, 0.15) is 16.7 Å². The Labute approximate surface area is 188 Å². The summed E-state index contributed by atoms with van der Waals surface area (Å²) in [6, 6.07) is 19.5. The summed E-state index contributed by atoms with van der Waals surface area (Å²) >= 11 is 0. The number of phenolic OH excluding ortho intramolecular Hbond substituents is 1. The van der Waals surface area contributed by atoms with Crippen LogP contribution >= 0.6 is 0 Å². The quantitative estimate of drug-likeness (QED) is 0.583. The first-order chi connectivity index (χ1) is 16.0. The van der Waals surface area contributed by atoms with E-state index < -0.39 is 17.5 Å². The number of hydrogen-bond acceptors (Lipinski definition) is 4. The zero-order valence-electron chi connectivity index (χ0n) is 17.2. The standard InChI is InChI=1S/C26H17F2N3O2/c27-20-7-4-8-21(28)19(20)14-23-26(33)31-15-24(17-9-11-18(32)12-10-17)29-22(25(31)30-23)13-16-5-2-1-3-6-16/h1-12,14-15,32H,13H2/b23-14-. The van der Waals surface area contributed by atoms with Crippen LogP contribution in [0, 0.1) is 11.6 Å². The van der Waals surface area contributed by atoms with Crippen LogP contribution < -0.4 is 0 Å². The van der Waals surface area contributed by atoms with E-state index in [2.05, 4.69) is 4.99 Å². The van der Waals surface area contributed by atoms with E-state index in [4.69, 9.17) is 4.99 Å². The number of carbonyl (C=O) groups is 1. The number of halogens is 2. The maximum absolute atomic E-state index is 14.2. The third-order valence-corrected chi connectivity index (χ3v) is 5.32. The highest BCUT2D eigenvalue weighted by Gasteiger charge is 2.35. The minimum atomic E-state index is -0.779. The van der Waals surface area contributed by atoms with Gasteiger partial charge in [0.2, 0.25) is 0 Å². The summed E-state index contributed by atoms with van der Waals surface area (Å²) in [4.78, 5) is 23.6. The van der Waals surface area contributed by atoms with Crippen LogP contribution in [0.2, 0.25) is 0 Å². The molecular formula is C26H17F2N3O2. The molecule has 33 heavy (non-hydrogen) atoms. The van der Waals surface area contributed by atoms with Gasteiger partial charge in [0.1, 0.15) is 23.1 Å². The summed E-state index contributed by atoms with van der Waals surface area (Å²) in [5.41, 5.74) is 2.30. The molecule has 2 aliphatic rings. The van der Waals surface area contributed by atoms with Crippen LogP contribution in [0.15, 0.2) is 94.7 Å². The fourth-order valence-corrected chi connectivity index (χ4v) is 3.66. The molecule has 0 aromatic heterocycles. The molecule has 1 amide bonds. The van der Waals surface area contributed by atoms with Crippen molar-refractivity contribution in [1.29, 1.82) is 0 Å². The zero-order valence-corrected chi connectivity index (χ0v) is 17.2. The number of rotatable bonds is 4. The number of fused-ring (bicyclic) bond motifs is 1. The predicted octanol–water partition coefficient (Wildman–Crippen LogP) is 4.95. The molecule has 7 heteroatoms. The lowest BCUT2D eigenvalue weighted by molar-refractivity contribution is -0.120. The van der Waals surface area contributed by atoms with E-state index in [1.807, 2.05) is 30.3 Å². The van der Waals surface area contributed by atoms with Gasteiger partial charge in [-0.05, 0) is 48.0 Å². The van der Waals surface area contributed by atoms with Gasteiger partial charge in [-0.1, -0.05) is 36.4 Å². The summed E-state index contributed by atoms with van der Waals surface area (Å²) in [6.07, 6.45) is 3.06. The minimum absolute atomic E-state index is 0.0852. The molecule has 0 radical (unpaired) electrons. The predicted molar refractivity (Wildman–Crippen MR) is 122 cm³/mol. The molecule has 0 fully saturated rings. The maximum atomic E-state index is 14.2. The molecule has 0 spiro atoms. The van der Waals surface area contributed by atoms with Crippen LogP contribution in [0.4, 0.5) is 8.78 Å². The second-order valence-corrected chi connectivity index (χ2v) is 7.56. The molecule has 2 aliphatic heterocycles. The van der Waals surface area contributed by atoms with Gasteiger partial charge in [0.05, 0.1) is 11.4 Å². The Balaban J connectivity index is 1.60. The Bertz CT molecular complexity index is 1350. The average Bonchev–Trinajstić information content (AvgIpc) is 3.13. The van der Waals surface area contributed by atoms with E-state index in [-0.39, 0.29) is 17.0 Å². The van der Waals surface area contributed by atoms with Gasteiger partial charge in [-0.2, -0.15) is 0 Å². The lowest BCUT2D eigenvalue weighted by Gasteiger charge is -2.22. The van der Waals surface area contributed by atoms with Crippen LogP contribution in [0.3, 0.4) is 0 Å². The van der Waals surface area contributed by atoms with Crippen LogP contribution in [0.25, 0.3) is 11.8 Å². The molecule has 162 valence electrons. The first kappa shape index (κ1) is 20.5. The molecule has 0 atom stereocenters. The van der Waals surface area contributed by atoms with Gasteiger partial charge in [0, 0.05) is 23.7 Å². The number of hydrogen-bond donors (Lipinski definition) is 1. The molecule has 2 heterocycles. The third kappa shape index (κ3) is 3.96. The van der Waals surface area contributed by atoms with E-state index in [0.29, 0.717) is 29.2 Å². The van der Waals surface area contributed by atoms with Crippen molar-refractivity contribution in [2.24, 2.45) is 9.98 Å². The fourth-order valence-electron chi connectivity index (χ4n) is 3.66. The van der Waals surface area contributed by atoms with E-state index in [1.165, 1.54) is 23.1 Å². The van der Waals surface area contributed by atoms with Crippen molar-refractivity contribution in [3.05, 3.63) is 113 Å². The highest BCUT2D eigenvalue weighted by atomic mass is 19.1. The van der Waals surface area contributed by atoms with Gasteiger partial charge in [-0.15, -0.1) is 0 Å². The number of amides is 1. The Morgan fingerprint density at radius 2 is 1.58 bits per heavy atom. The van der Waals surface area contributed by atoms with Crippen LogP contribution in [-0.4, -0.2) is 27.5 Å². The van der Waals surface area contributed by atoms with E-state index in [1.54, 1.807) is 18.3 Å². The fraction of sp³-hybridized carbons (Fsp3) is 0.0385. The Morgan fingerprint density at radius 3 is 2.27 bits per heavy atom. The number of amidine groups is 1. The normalized spacial score (nSPS) is 16.4. The van der Waals surface area contributed by atoms with Crippen LogP contribution in [0.5, 0.6) is 5.75 Å². The van der Waals surface area contributed by atoms with Gasteiger partial charge < -0.3 is 5.11 Å². The average molecular weight is 441 g/mol. The van der Waals surface area contributed by atoms with Crippen molar-refractivity contribution in [3.63, 3.8) is 0 Å². The number of benzene rings is 3. The molecule has 0 saturated heterocycles. The molecule has 0 aliphatic carbocycles. The largest absolute Gasteiger partial charge is 0.508 e. The van der Waals surface area contributed by atoms with Gasteiger partial charge in [-0.25, -0.2) is 18.8 Å².